The Morgan fingerprint density at radius 1 is 1.00 bits per heavy atom. The Bertz CT molecular complexity index is 716. The predicted octanol–water partition coefficient (Wildman–Crippen LogP) is 5.37. The zero-order valence-electron chi connectivity index (χ0n) is 12.5. The fourth-order valence-corrected chi connectivity index (χ4v) is 1.92. The summed E-state index contributed by atoms with van der Waals surface area (Å²) in [4.78, 5) is 0. The third-order valence-electron chi connectivity index (χ3n) is 3.08. The van der Waals surface area contributed by atoms with E-state index in [1.807, 2.05) is 19.9 Å². The van der Waals surface area contributed by atoms with Crippen LogP contribution < -0.4 is 9.47 Å². The average molecular weight is 321 g/mol. The quantitative estimate of drug-likeness (QED) is 0.760. The topological polar surface area (TPSA) is 42.2 Å². The summed E-state index contributed by atoms with van der Waals surface area (Å²) in [7, 11) is 0. The van der Waals surface area contributed by atoms with Crippen LogP contribution in [-0.2, 0) is 0 Å². The van der Waals surface area contributed by atoms with Crippen molar-refractivity contribution in [2.75, 3.05) is 0 Å². The highest BCUT2D eigenvalue weighted by molar-refractivity contribution is 5.48. The van der Waals surface area contributed by atoms with E-state index in [1.165, 1.54) is 12.1 Å². The number of halogens is 3. The molecule has 3 nitrogen and oxygen atoms in total. The summed E-state index contributed by atoms with van der Waals surface area (Å²) in [6, 6.07) is 12.3. The summed E-state index contributed by atoms with van der Waals surface area (Å²) >= 11 is 0. The van der Waals surface area contributed by atoms with E-state index < -0.39 is 6.36 Å². The molecule has 6 heteroatoms. The fraction of sp³-hybridized carbons (Fsp3) is 0.235. The molecule has 0 aliphatic carbocycles. The summed E-state index contributed by atoms with van der Waals surface area (Å²) in [6.45, 7) is 4.02. The summed E-state index contributed by atoms with van der Waals surface area (Å²) in [6.07, 6.45) is -4.73. The van der Waals surface area contributed by atoms with E-state index in [0.717, 1.165) is 17.7 Å². The van der Waals surface area contributed by atoms with Crippen molar-refractivity contribution in [1.29, 1.82) is 5.26 Å². The van der Waals surface area contributed by atoms with Crippen LogP contribution in [0.3, 0.4) is 0 Å². The van der Waals surface area contributed by atoms with Crippen molar-refractivity contribution in [2.24, 2.45) is 0 Å². The van der Waals surface area contributed by atoms with Crippen molar-refractivity contribution in [3.05, 3.63) is 53.6 Å². The minimum Gasteiger partial charge on any atom is -0.456 e. The highest BCUT2D eigenvalue weighted by atomic mass is 19.4. The Morgan fingerprint density at radius 3 is 2.13 bits per heavy atom. The van der Waals surface area contributed by atoms with E-state index in [2.05, 4.69) is 10.8 Å². The van der Waals surface area contributed by atoms with E-state index >= 15 is 0 Å². The van der Waals surface area contributed by atoms with E-state index in [0.29, 0.717) is 17.1 Å². The van der Waals surface area contributed by atoms with E-state index in [4.69, 9.17) is 4.74 Å². The summed E-state index contributed by atoms with van der Waals surface area (Å²) in [5.74, 6) is 0.602. The molecule has 0 bridgehead atoms. The second kappa shape index (κ2) is 6.61. The number of hydrogen-bond donors (Lipinski definition) is 0. The third kappa shape index (κ3) is 4.65. The first-order chi connectivity index (χ1) is 10.8. The molecule has 0 atom stereocenters. The minimum atomic E-state index is -4.73. The highest BCUT2D eigenvalue weighted by Gasteiger charge is 2.30. The van der Waals surface area contributed by atoms with Gasteiger partial charge in [0, 0.05) is 0 Å². The van der Waals surface area contributed by atoms with Gasteiger partial charge in [-0.05, 0) is 47.9 Å². The Hall–Kier alpha value is -2.68. The maximum atomic E-state index is 12.1. The van der Waals surface area contributed by atoms with Gasteiger partial charge in [0.1, 0.15) is 23.3 Å². The molecule has 0 amide bonds. The zero-order chi connectivity index (χ0) is 17.0. The zero-order valence-corrected chi connectivity index (χ0v) is 12.5. The lowest BCUT2D eigenvalue weighted by Crippen LogP contribution is -2.16. The molecule has 2 rings (SSSR count). The maximum Gasteiger partial charge on any atom is 0.573 e. The molecule has 2 aromatic carbocycles. The van der Waals surface area contributed by atoms with Crippen molar-refractivity contribution in [1.82, 2.24) is 0 Å². The smallest absolute Gasteiger partial charge is 0.456 e. The molecule has 0 N–H and O–H groups in total. The van der Waals surface area contributed by atoms with Crippen LogP contribution in [0.25, 0.3) is 0 Å². The number of ether oxygens (including phenoxy) is 2. The van der Waals surface area contributed by atoms with Crippen LogP contribution in [0.5, 0.6) is 17.2 Å². The van der Waals surface area contributed by atoms with E-state index in [1.54, 1.807) is 12.1 Å². The number of alkyl halides is 3. The molecular weight excluding hydrogens is 307 g/mol. The van der Waals surface area contributed by atoms with Crippen LogP contribution in [0, 0.1) is 11.3 Å². The standard InChI is InChI=1S/C17H14F3NO2/c1-11(2)12-3-8-16(13(9-12)10-21)22-14-4-6-15(7-5-14)23-17(18,19)20/h3-9,11H,1-2H3. The molecular formula is C17H14F3NO2. The van der Waals surface area contributed by atoms with Crippen LogP contribution in [0.1, 0.15) is 30.9 Å². The van der Waals surface area contributed by atoms with Gasteiger partial charge in [-0.25, -0.2) is 0 Å². The van der Waals surface area contributed by atoms with Gasteiger partial charge in [0.15, 0.2) is 0 Å². The van der Waals surface area contributed by atoms with Gasteiger partial charge in [0.2, 0.25) is 0 Å². The number of rotatable bonds is 4. The van der Waals surface area contributed by atoms with Crippen LogP contribution >= 0.6 is 0 Å². The first-order valence-corrected chi connectivity index (χ1v) is 6.86. The second-order valence-electron chi connectivity index (χ2n) is 5.14. The molecule has 120 valence electrons. The molecule has 0 aromatic heterocycles. The molecule has 0 aliphatic rings. The minimum absolute atomic E-state index is 0.273. The summed E-state index contributed by atoms with van der Waals surface area (Å²) < 4.78 is 45.6. The molecule has 0 saturated heterocycles. The van der Waals surface area contributed by atoms with Crippen LogP contribution in [0.2, 0.25) is 0 Å². The lowest BCUT2D eigenvalue weighted by Gasteiger charge is -2.12. The second-order valence-corrected chi connectivity index (χ2v) is 5.14. The number of hydrogen-bond acceptors (Lipinski definition) is 3. The van der Waals surface area contributed by atoms with Crippen molar-refractivity contribution < 1.29 is 22.6 Å². The van der Waals surface area contributed by atoms with Gasteiger partial charge in [0.05, 0.1) is 5.56 Å². The van der Waals surface area contributed by atoms with Crippen LogP contribution in [0.4, 0.5) is 13.2 Å². The number of nitriles is 1. The predicted molar refractivity (Wildman–Crippen MR) is 78.4 cm³/mol. The molecule has 0 unspecified atom stereocenters. The number of benzene rings is 2. The molecule has 0 spiro atoms. The van der Waals surface area contributed by atoms with Crippen LogP contribution in [0.15, 0.2) is 42.5 Å². The van der Waals surface area contributed by atoms with Crippen molar-refractivity contribution in [3.63, 3.8) is 0 Å². The van der Waals surface area contributed by atoms with Gasteiger partial charge >= 0.3 is 6.36 Å². The molecule has 2 aromatic rings. The molecule has 0 fully saturated rings. The third-order valence-corrected chi connectivity index (χ3v) is 3.08. The maximum absolute atomic E-state index is 12.1. The highest BCUT2D eigenvalue weighted by Crippen LogP contribution is 2.30. The Balaban J connectivity index is 2.18. The number of nitrogens with zero attached hydrogens (tertiary/aromatic N) is 1. The van der Waals surface area contributed by atoms with Gasteiger partial charge in [0.25, 0.3) is 0 Å². The van der Waals surface area contributed by atoms with Gasteiger partial charge in [-0.15, -0.1) is 13.2 Å². The molecule has 0 saturated carbocycles. The first-order valence-electron chi connectivity index (χ1n) is 6.86. The van der Waals surface area contributed by atoms with Crippen LogP contribution in [-0.4, -0.2) is 6.36 Å². The molecule has 0 heterocycles. The fourth-order valence-electron chi connectivity index (χ4n) is 1.92. The first kappa shape index (κ1) is 16.7. The van der Waals surface area contributed by atoms with Gasteiger partial charge in [-0.1, -0.05) is 19.9 Å². The Labute approximate surface area is 131 Å². The lowest BCUT2D eigenvalue weighted by atomic mass is 10.0. The molecule has 0 radical (unpaired) electrons. The van der Waals surface area contributed by atoms with Crippen molar-refractivity contribution in [2.45, 2.75) is 26.1 Å². The van der Waals surface area contributed by atoms with E-state index in [-0.39, 0.29) is 11.7 Å². The van der Waals surface area contributed by atoms with E-state index in [9.17, 15) is 18.4 Å². The summed E-state index contributed by atoms with van der Waals surface area (Å²) in [5, 5.41) is 9.20. The Kier molecular flexibility index (Phi) is 4.80. The molecule has 0 aliphatic heterocycles. The van der Waals surface area contributed by atoms with Crippen molar-refractivity contribution in [3.8, 4) is 23.3 Å². The van der Waals surface area contributed by atoms with Gasteiger partial charge < -0.3 is 9.47 Å². The normalized spacial score (nSPS) is 11.2. The lowest BCUT2D eigenvalue weighted by molar-refractivity contribution is -0.274. The monoisotopic (exact) mass is 321 g/mol. The SMILES string of the molecule is CC(C)c1ccc(Oc2ccc(OC(F)(F)F)cc2)c(C#N)c1. The summed E-state index contributed by atoms with van der Waals surface area (Å²) in [5.41, 5.74) is 1.37. The Morgan fingerprint density at radius 2 is 1.61 bits per heavy atom. The van der Waals surface area contributed by atoms with Crippen molar-refractivity contribution >= 4 is 0 Å². The average Bonchev–Trinajstić information content (AvgIpc) is 2.48. The van der Waals surface area contributed by atoms with Gasteiger partial charge in [-0.3, -0.25) is 0 Å². The largest absolute Gasteiger partial charge is 0.573 e. The van der Waals surface area contributed by atoms with Gasteiger partial charge in [-0.2, -0.15) is 5.26 Å². The molecule has 23 heavy (non-hydrogen) atoms.